The van der Waals surface area contributed by atoms with Crippen LogP contribution in [-0.4, -0.2) is 45.6 Å². The first-order chi connectivity index (χ1) is 11.7. The van der Waals surface area contributed by atoms with E-state index in [2.05, 4.69) is 10.2 Å². The van der Waals surface area contributed by atoms with Crippen LogP contribution in [0.4, 0.5) is 4.39 Å². The topological polar surface area (TPSA) is 59.7 Å². The summed E-state index contributed by atoms with van der Waals surface area (Å²) in [5, 5.41) is 8.35. The van der Waals surface area contributed by atoms with E-state index < -0.39 is 5.82 Å². The van der Waals surface area contributed by atoms with E-state index in [-0.39, 0.29) is 17.6 Å². The number of aromatic nitrogens is 3. The molecule has 3 aromatic rings. The average molecular weight is 326 g/mol. The minimum absolute atomic E-state index is 0.128. The number of methoxy groups -OCH3 is 1. The van der Waals surface area contributed by atoms with Gasteiger partial charge in [-0.2, -0.15) is 0 Å². The predicted molar refractivity (Wildman–Crippen MR) is 84.6 cm³/mol. The zero-order valence-electron chi connectivity index (χ0n) is 13.0. The maximum atomic E-state index is 13.8. The minimum atomic E-state index is -0.538. The highest BCUT2D eigenvalue weighted by Crippen LogP contribution is 2.28. The Morgan fingerprint density at radius 2 is 2.08 bits per heavy atom. The number of benzene rings is 1. The lowest BCUT2D eigenvalue weighted by Gasteiger charge is -2.38. The van der Waals surface area contributed by atoms with Crippen molar-refractivity contribution in [1.82, 2.24) is 19.5 Å². The highest BCUT2D eigenvalue weighted by atomic mass is 19.1. The van der Waals surface area contributed by atoms with Crippen LogP contribution in [-0.2, 0) is 0 Å². The van der Waals surface area contributed by atoms with Gasteiger partial charge in [-0.25, -0.2) is 4.39 Å². The van der Waals surface area contributed by atoms with Gasteiger partial charge in [0.25, 0.3) is 5.91 Å². The number of fused-ring (bicyclic) bond motifs is 1. The summed E-state index contributed by atoms with van der Waals surface area (Å²) >= 11 is 0. The molecule has 1 fully saturated rings. The number of halogens is 1. The second-order valence-corrected chi connectivity index (χ2v) is 5.74. The lowest BCUT2D eigenvalue weighted by Crippen LogP contribution is -2.49. The summed E-state index contributed by atoms with van der Waals surface area (Å²) in [6.45, 7) is 1.09. The largest absolute Gasteiger partial charge is 0.494 e. The van der Waals surface area contributed by atoms with Crippen LogP contribution in [0.2, 0.25) is 0 Å². The standard InChI is InChI=1S/C17H15FN4O2/c1-24-14-6-5-11(8-13(14)18)17(23)21-9-12(10-21)16-20-19-15-4-2-3-7-22(15)16/h2-8,12H,9-10H2,1H3. The Hall–Kier alpha value is -2.96. The number of hydrogen-bond acceptors (Lipinski definition) is 4. The van der Waals surface area contributed by atoms with Gasteiger partial charge in [-0.1, -0.05) is 6.07 Å². The monoisotopic (exact) mass is 326 g/mol. The van der Waals surface area contributed by atoms with Crippen molar-refractivity contribution in [2.24, 2.45) is 0 Å². The third kappa shape index (κ3) is 2.29. The SMILES string of the molecule is COc1ccc(C(=O)N2CC(c3nnc4ccccn34)C2)cc1F. The van der Waals surface area contributed by atoms with Crippen LogP contribution in [0.15, 0.2) is 42.6 Å². The second-order valence-electron chi connectivity index (χ2n) is 5.74. The highest BCUT2D eigenvalue weighted by molar-refractivity contribution is 5.95. The highest BCUT2D eigenvalue weighted by Gasteiger charge is 2.35. The number of ether oxygens (including phenoxy) is 1. The molecule has 1 amide bonds. The molecule has 24 heavy (non-hydrogen) atoms. The molecule has 0 atom stereocenters. The molecule has 1 aliphatic rings. The van der Waals surface area contributed by atoms with Gasteiger partial charge in [0, 0.05) is 24.8 Å². The Labute approximate surface area is 137 Å². The lowest BCUT2D eigenvalue weighted by atomic mass is 9.98. The Balaban J connectivity index is 1.49. The van der Waals surface area contributed by atoms with Crippen LogP contribution in [0.1, 0.15) is 22.1 Å². The fourth-order valence-corrected chi connectivity index (χ4v) is 2.93. The van der Waals surface area contributed by atoms with E-state index in [1.165, 1.54) is 19.2 Å². The summed E-state index contributed by atoms with van der Waals surface area (Å²) < 4.78 is 20.6. The Morgan fingerprint density at radius 1 is 1.25 bits per heavy atom. The summed E-state index contributed by atoms with van der Waals surface area (Å²) in [5.41, 5.74) is 1.10. The van der Waals surface area contributed by atoms with E-state index in [0.29, 0.717) is 18.7 Å². The molecule has 1 saturated heterocycles. The Bertz CT molecular complexity index is 918. The number of rotatable bonds is 3. The molecule has 7 heteroatoms. The third-order valence-electron chi connectivity index (χ3n) is 4.27. The van der Waals surface area contributed by atoms with Gasteiger partial charge in [0.2, 0.25) is 0 Å². The van der Waals surface area contributed by atoms with Gasteiger partial charge in [0.05, 0.1) is 13.0 Å². The molecule has 0 N–H and O–H groups in total. The third-order valence-corrected chi connectivity index (χ3v) is 4.27. The van der Waals surface area contributed by atoms with E-state index in [4.69, 9.17) is 4.74 Å². The molecule has 122 valence electrons. The van der Waals surface area contributed by atoms with Crippen molar-refractivity contribution in [3.05, 3.63) is 59.8 Å². The van der Waals surface area contributed by atoms with Crippen molar-refractivity contribution in [2.45, 2.75) is 5.92 Å². The van der Waals surface area contributed by atoms with E-state index in [1.54, 1.807) is 11.0 Å². The van der Waals surface area contributed by atoms with Crippen molar-refractivity contribution >= 4 is 11.6 Å². The van der Waals surface area contributed by atoms with Gasteiger partial charge in [0.15, 0.2) is 17.2 Å². The number of hydrogen-bond donors (Lipinski definition) is 0. The Morgan fingerprint density at radius 3 is 2.83 bits per heavy atom. The second kappa shape index (κ2) is 5.59. The van der Waals surface area contributed by atoms with Gasteiger partial charge < -0.3 is 9.64 Å². The van der Waals surface area contributed by atoms with E-state index in [0.717, 1.165) is 11.5 Å². The number of carbonyl (C=O) groups is 1. The maximum absolute atomic E-state index is 13.8. The summed E-state index contributed by atoms with van der Waals surface area (Å²) in [6.07, 6.45) is 1.91. The first-order valence-corrected chi connectivity index (χ1v) is 7.60. The first-order valence-electron chi connectivity index (χ1n) is 7.60. The molecule has 4 rings (SSSR count). The van der Waals surface area contributed by atoms with Crippen molar-refractivity contribution in [2.75, 3.05) is 20.2 Å². The first kappa shape index (κ1) is 14.6. The molecule has 0 spiro atoms. The molecule has 6 nitrogen and oxygen atoms in total. The fourth-order valence-electron chi connectivity index (χ4n) is 2.93. The fraction of sp³-hybridized carbons (Fsp3) is 0.235. The zero-order chi connectivity index (χ0) is 16.7. The smallest absolute Gasteiger partial charge is 0.254 e. The molecule has 0 bridgehead atoms. The van der Waals surface area contributed by atoms with Crippen molar-refractivity contribution in [3.8, 4) is 5.75 Å². The van der Waals surface area contributed by atoms with E-state index in [9.17, 15) is 9.18 Å². The molecule has 0 radical (unpaired) electrons. The van der Waals surface area contributed by atoms with Crippen LogP contribution in [0.3, 0.4) is 0 Å². The summed E-state index contributed by atoms with van der Waals surface area (Å²) in [6, 6.07) is 9.96. The molecule has 1 aliphatic heterocycles. The van der Waals surface area contributed by atoms with Crippen LogP contribution < -0.4 is 4.74 Å². The number of likely N-dealkylation sites (tertiary alicyclic amines) is 1. The molecule has 0 saturated carbocycles. The van der Waals surface area contributed by atoms with Crippen LogP contribution in [0.5, 0.6) is 5.75 Å². The molecule has 3 heterocycles. The summed E-state index contributed by atoms with van der Waals surface area (Å²) in [7, 11) is 1.39. The normalized spacial score (nSPS) is 14.7. The molecule has 0 aliphatic carbocycles. The number of pyridine rings is 1. The molecule has 1 aromatic carbocycles. The molecule has 2 aromatic heterocycles. The zero-order valence-corrected chi connectivity index (χ0v) is 13.0. The number of nitrogens with zero attached hydrogens (tertiary/aromatic N) is 4. The van der Waals surface area contributed by atoms with Crippen molar-refractivity contribution in [1.29, 1.82) is 0 Å². The maximum Gasteiger partial charge on any atom is 0.254 e. The van der Waals surface area contributed by atoms with Crippen LogP contribution >= 0.6 is 0 Å². The van der Waals surface area contributed by atoms with Gasteiger partial charge >= 0.3 is 0 Å². The molecular formula is C17H15FN4O2. The average Bonchev–Trinajstić information content (AvgIpc) is 2.97. The van der Waals surface area contributed by atoms with E-state index in [1.807, 2.05) is 28.8 Å². The number of amides is 1. The van der Waals surface area contributed by atoms with Gasteiger partial charge in [-0.15, -0.1) is 10.2 Å². The van der Waals surface area contributed by atoms with Gasteiger partial charge in [0.1, 0.15) is 5.82 Å². The summed E-state index contributed by atoms with van der Waals surface area (Å²) in [4.78, 5) is 14.1. The summed E-state index contributed by atoms with van der Waals surface area (Å²) in [5.74, 6) is 0.374. The van der Waals surface area contributed by atoms with Crippen molar-refractivity contribution in [3.63, 3.8) is 0 Å². The lowest BCUT2D eigenvalue weighted by molar-refractivity contribution is 0.0593. The van der Waals surface area contributed by atoms with Crippen LogP contribution in [0.25, 0.3) is 5.65 Å². The number of carbonyl (C=O) groups excluding carboxylic acids is 1. The minimum Gasteiger partial charge on any atom is -0.494 e. The van der Waals surface area contributed by atoms with Gasteiger partial charge in [-0.05, 0) is 30.3 Å². The van der Waals surface area contributed by atoms with Crippen LogP contribution in [0, 0.1) is 5.82 Å². The van der Waals surface area contributed by atoms with Gasteiger partial charge in [-0.3, -0.25) is 9.20 Å². The molecular weight excluding hydrogens is 311 g/mol. The quantitative estimate of drug-likeness (QED) is 0.740. The molecule has 0 unspecified atom stereocenters. The predicted octanol–water partition coefficient (Wildman–Crippen LogP) is 2.12. The van der Waals surface area contributed by atoms with E-state index >= 15 is 0 Å². The van der Waals surface area contributed by atoms with Crippen molar-refractivity contribution < 1.29 is 13.9 Å². The Kier molecular flexibility index (Phi) is 3.41.